The molecule has 1 aliphatic heterocycles. The first-order valence-corrected chi connectivity index (χ1v) is 19.5. The SMILES string of the molecule is CCCCOC[C@H]1O[C@@H](c2ccc(Cl)c(Cc3ccc(CN(C(C)=O)C4CC4)cc3)c2)[C@H](OCCCC)[C@@H](OCCCC)[C@@H]1OCCCC. The van der Waals surface area contributed by atoms with Crippen LogP contribution in [0.25, 0.3) is 0 Å². The largest absolute Gasteiger partial charge is 0.379 e. The quantitative estimate of drug-likeness (QED) is 0.108. The van der Waals surface area contributed by atoms with Crippen LogP contribution in [0, 0.1) is 0 Å². The number of hydrogen-bond acceptors (Lipinski definition) is 6. The maximum atomic E-state index is 12.2. The van der Waals surface area contributed by atoms with Gasteiger partial charge in [0.25, 0.3) is 0 Å². The van der Waals surface area contributed by atoms with Crippen molar-refractivity contribution >= 4 is 17.5 Å². The van der Waals surface area contributed by atoms with Crippen molar-refractivity contribution in [1.82, 2.24) is 4.90 Å². The van der Waals surface area contributed by atoms with Crippen LogP contribution >= 0.6 is 11.6 Å². The fraction of sp³-hybridized carbons (Fsp3) is 0.683. The van der Waals surface area contributed by atoms with Gasteiger partial charge < -0.3 is 28.6 Å². The molecule has 7 nitrogen and oxygen atoms in total. The number of carbonyl (C=O) groups excluding carboxylic acids is 1. The molecule has 1 aliphatic carbocycles. The van der Waals surface area contributed by atoms with Gasteiger partial charge in [-0.05, 0) is 73.3 Å². The molecule has 1 heterocycles. The van der Waals surface area contributed by atoms with Gasteiger partial charge in [-0.3, -0.25) is 4.79 Å². The van der Waals surface area contributed by atoms with Gasteiger partial charge in [0.15, 0.2) is 0 Å². The molecule has 2 aromatic rings. The van der Waals surface area contributed by atoms with Gasteiger partial charge in [-0.25, -0.2) is 0 Å². The van der Waals surface area contributed by atoms with Gasteiger partial charge in [0.05, 0.1) is 6.61 Å². The highest BCUT2D eigenvalue weighted by atomic mass is 35.5. The molecule has 4 rings (SSSR count). The Morgan fingerprint density at radius 1 is 0.776 bits per heavy atom. The lowest BCUT2D eigenvalue weighted by Gasteiger charge is -2.46. The van der Waals surface area contributed by atoms with Crippen LogP contribution in [0.2, 0.25) is 5.02 Å². The smallest absolute Gasteiger partial charge is 0.219 e. The molecular weight excluding hydrogens is 638 g/mol. The van der Waals surface area contributed by atoms with Crippen molar-refractivity contribution in [2.45, 2.75) is 148 Å². The summed E-state index contributed by atoms with van der Waals surface area (Å²) < 4.78 is 33.2. The van der Waals surface area contributed by atoms with Crippen molar-refractivity contribution in [2.24, 2.45) is 0 Å². The van der Waals surface area contributed by atoms with Gasteiger partial charge in [0.2, 0.25) is 5.91 Å². The highest BCUT2D eigenvalue weighted by molar-refractivity contribution is 6.31. The minimum absolute atomic E-state index is 0.142. The Kier molecular flexibility index (Phi) is 17.4. The van der Waals surface area contributed by atoms with Crippen LogP contribution in [0.5, 0.6) is 0 Å². The first kappa shape index (κ1) is 39.8. The van der Waals surface area contributed by atoms with E-state index in [4.69, 9.17) is 35.3 Å². The maximum Gasteiger partial charge on any atom is 0.219 e. The summed E-state index contributed by atoms with van der Waals surface area (Å²) in [4.78, 5) is 14.2. The van der Waals surface area contributed by atoms with Crippen LogP contribution in [0.15, 0.2) is 42.5 Å². The third-order valence-electron chi connectivity index (χ3n) is 9.54. The Morgan fingerprint density at radius 2 is 1.35 bits per heavy atom. The molecule has 0 radical (unpaired) electrons. The highest BCUT2D eigenvalue weighted by Crippen LogP contribution is 2.39. The van der Waals surface area contributed by atoms with E-state index in [0.717, 1.165) is 91.5 Å². The van der Waals surface area contributed by atoms with Crippen LogP contribution in [0.3, 0.4) is 0 Å². The molecule has 1 amide bonds. The van der Waals surface area contributed by atoms with E-state index >= 15 is 0 Å². The molecule has 8 heteroatoms. The second kappa shape index (κ2) is 21.4. The number of hydrogen-bond donors (Lipinski definition) is 0. The Hall–Kier alpha value is -2.00. The average molecular weight is 700 g/mol. The summed E-state index contributed by atoms with van der Waals surface area (Å²) in [6, 6.07) is 15.2. The van der Waals surface area contributed by atoms with Gasteiger partial charge in [0.1, 0.15) is 30.5 Å². The second-order valence-electron chi connectivity index (χ2n) is 13.8. The van der Waals surface area contributed by atoms with E-state index in [0.29, 0.717) is 52.0 Å². The number of carbonyl (C=O) groups is 1. The van der Waals surface area contributed by atoms with Gasteiger partial charge in [0, 0.05) is 51.0 Å². The van der Waals surface area contributed by atoms with E-state index in [9.17, 15) is 4.79 Å². The Bertz CT molecular complexity index is 1240. The Morgan fingerprint density at radius 3 is 1.94 bits per heavy atom. The van der Waals surface area contributed by atoms with Crippen molar-refractivity contribution in [3.05, 3.63) is 69.7 Å². The molecule has 0 spiro atoms. The topological polar surface area (TPSA) is 66.5 Å². The van der Waals surface area contributed by atoms with Crippen molar-refractivity contribution in [3.8, 4) is 0 Å². The van der Waals surface area contributed by atoms with Crippen LogP contribution < -0.4 is 0 Å². The molecule has 2 aromatic carbocycles. The predicted octanol–water partition coefficient (Wildman–Crippen LogP) is 9.25. The second-order valence-corrected chi connectivity index (χ2v) is 14.2. The fourth-order valence-electron chi connectivity index (χ4n) is 6.40. The van der Waals surface area contributed by atoms with E-state index in [1.165, 1.54) is 0 Å². The van der Waals surface area contributed by atoms with Gasteiger partial charge >= 0.3 is 0 Å². The third kappa shape index (κ3) is 12.3. The number of halogens is 1. The van der Waals surface area contributed by atoms with Crippen LogP contribution in [0.4, 0.5) is 0 Å². The first-order valence-electron chi connectivity index (χ1n) is 19.1. The highest BCUT2D eigenvalue weighted by Gasteiger charge is 2.48. The standard InChI is InChI=1S/C41H62ClNO6/c1-6-10-22-45-29-37-39(46-23-11-7-2)41(48-25-13-9-4)40(47-24-12-8-3)38(49-37)33-18-21-36(42)34(27-33)26-31-14-16-32(17-15-31)28-43(30(5)44)35-19-20-35/h14-18,21,27,35,37-41H,6-13,19-20,22-26,28-29H2,1-5H3/t37-,38+,39-,40+,41+/m1/s1. The number of nitrogens with zero attached hydrogens (tertiary/aromatic N) is 1. The monoisotopic (exact) mass is 699 g/mol. The molecule has 1 saturated carbocycles. The van der Waals surface area contributed by atoms with E-state index in [2.05, 4.69) is 64.1 Å². The molecule has 5 atom stereocenters. The minimum atomic E-state index is -0.368. The summed E-state index contributed by atoms with van der Waals surface area (Å²) in [7, 11) is 0. The normalized spacial score (nSPS) is 22.4. The van der Waals surface area contributed by atoms with Crippen molar-refractivity contribution in [1.29, 1.82) is 0 Å². The molecular formula is C41H62ClNO6. The zero-order valence-electron chi connectivity index (χ0n) is 30.8. The summed E-state index contributed by atoms with van der Waals surface area (Å²) in [6.45, 7) is 14.1. The number of amides is 1. The lowest BCUT2D eigenvalue weighted by atomic mass is 9.89. The van der Waals surface area contributed by atoms with E-state index < -0.39 is 0 Å². The van der Waals surface area contributed by atoms with Gasteiger partial charge in [-0.15, -0.1) is 0 Å². The average Bonchev–Trinajstić information content (AvgIpc) is 3.94. The van der Waals surface area contributed by atoms with Crippen molar-refractivity contribution in [2.75, 3.05) is 33.0 Å². The third-order valence-corrected chi connectivity index (χ3v) is 9.91. The summed E-state index contributed by atoms with van der Waals surface area (Å²) >= 11 is 6.85. The van der Waals surface area contributed by atoms with Crippen LogP contribution in [-0.4, -0.2) is 74.3 Å². The zero-order chi connectivity index (χ0) is 35.0. The lowest BCUT2D eigenvalue weighted by Crippen LogP contribution is -2.58. The number of benzene rings is 2. The molecule has 2 fully saturated rings. The van der Waals surface area contributed by atoms with E-state index in [-0.39, 0.29) is 36.4 Å². The molecule has 0 aromatic heterocycles. The Balaban J connectivity index is 1.60. The molecule has 49 heavy (non-hydrogen) atoms. The van der Waals surface area contributed by atoms with Crippen molar-refractivity contribution < 1.29 is 28.5 Å². The van der Waals surface area contributed by atoms with Crippen LogP contribution in [0.1, 0.15) is 127 Å². The van der Waals surface area contributed by atoms with E-state index in [1.807, 2.05) is 11.0 Å². The Labute approximate surface area is 301 Å². The summed E-state index contributed by atoms with van der Waals surface area (Å²) in [5, 5.41) is 0.722. The molecule has 0 bridgehead atoms. The minimum Gasteiger partial charge on any atom is -0.379 e. The molecule has 0 N–H and O–H groups in total. The number of unbranched alkanes of at least 4 members (excludes halogenated alkanes) is 4. The summed E-state index contributed by atoms with van der Waals surface area (Å²) in [6.07, 6.45) is 9.44. The van der Waals surface area contributed by atoms with E-state index in [1.54, 1.807) is 6.92 Å². The van der Waals surface area contributed by atoms with Gasteiger partial charge in [-0.1, -0.05) is 101 Å². The predicted molar refractivity (Wildman–Crippen MR) is 197 cm³/mol. The van der Waals surface area contributed by atoms with Crippen LogP contribution in [-0.2, 0) is 41.4 Å². The maximum absolute atomic E-state index is 12.2. The first-order chi connectivity index (χ1) is 23.9. The molecule has 274 valence electrons. The lowest BCUT2D eigenvalue weighted by molar-refractivity contribution is -0.268. The molecule has 1 saturated heterocycles. The molecule has 0 unspecified atom stereocenters. The number of rotatable bonds is 23. The fourth-order valence-corrected chi connectivity index (χ4v) is 6.58. The molecule has 2 aliphatic rings. The summed E-state index contributed by atoms with van der Waals surface area (Å²) in [5.74, 6) is 0.142. The van der Waals surface area contributed by atoms with Crippen molar-refractivity contribution in [3.63, 3.8) is 0 Å². The summed E-state index contributed by atoms with van der Waals surface area (Å²) in [5.41, 5.74) is 4.36. The number of ether oxygens (including phenoxy) is 5. The zero-order valence-corrected chi connectivity index (χ0v) is 31.6. The van der Waals surface area contributed by atoms with Gasteiger partial charge in [-0.2, -0.15) is 0 Å².